The highest BCUT2D eigenvalue weighted by atomic mass is 16.5. The highest BCUT2D eigenvalue weighted by Gasteiger charge is 2.37. The van der Waals surface area contributed by atoms with Crippen LogP contribution in [0.3, 0.4) is 0 Å². The highest BCUT2D eigenvalue weighted by Crippen LogP contribution is 2.26. The number of ether oxygens (including phenoxy) is 2. The summed E-state index contributed by atoms with van der Waals surface area (Å²) in [5.74, 6) is -1.51. The van der Waals surface area contributed by atoms with Crippen molar-refractivity contribution in [3.05, 3.63) is 11.5 Å². The van der Waals surface area contributed by atoms with Crippen molar-refractivity contribution in [2.24, 2.45) is 11.7 Å². The number of hydrogen-bond donors (Lipinski definition) is 1. The maximum atomic E-state index is 11.8. The summed E-state index contributed by atoms with van der Waals surface area (Å²) in [5, 5.41) is 0. The molecule has 7 heteroatoms. The van der Waals surface area contributed by atoms with Gasteiger partial charge in [0, 0.05) is 13.1 Å². The molecule has 1 amide bonds. The zero-order valence-corrected chi connectivity index (χ0v) is 11.4. The van der Waals surface area contributed by atoms with Gasteiger partial charge in [0.2, 0.25) is 17.6 Å². The lowest BCUT2D eigenvalue weighted by Crippen LogP contribution is -2.41. The number of carbonyl (C=O) groups is 3. The Hall–Kier alpha value is -2.05. The predicted octanol–water partition coefficient (Wildman–Crippen LogP) is -0.442. The number of ketones is 1. The van der Waals surface area contributed by atoms with Crippen molar-refractivity contribution >= 4 is 17.7 Å². The van der Waals surface area contributed by atoms with Gasteiger partial charge in [-0.2, -0.15) is 0 Å². The standard InChI is InChI=1S/C13H18N2O5/c1-2-19-13(18)10-9(16)7-20-12(10)15-5-3-4-8(6-15)11(14)17/h8H,2-7H2,1H3,(H2,14,17). The Morgan fingerprint density at radius 3 is 2.90 bits per heavy atom. The predicted molar refractivity (Wildman–Crippen MR) is 68.1 cm³/mol. The Morgan fingerprint density at radius 2 is 2.25 bits per heavy atom. The monoisotopic (exact) mass is 282 g/mol. The van der Waals surface area contributed by atoms with Crippen LogP contribution in [0, 0.1) is 5.92 Å². The third kappa shape index (κ3) is 2.76. The fourth-order valence-electron chi connectivity index (χ4n) is 2.45. The van der Waals surface area contributed by atoms with Gasteiger partial charge in [0.1, 0.15) is 0 Å². The summed E-state index contributed by atoms with van der Waals surface area (Å²) in [6, 6.07) is 0. The molecule has 0 spiro atoms. The van der Waals surface area contributed by atoms with E-state index in [1.807, 2.05) is 0 Å². The highest BCUT2D eigenvalue weighted by molar-refractivity contribution is 6.19. The van der Waals surface area contributed by atoms with E-state index in [1.54, 1.807) is 11.8 Å². The molecule has 1 saturated heterocycles. The Balaban J connectivity index is 2.21. The number of rotatable bonds is 4. The van der Waals surface area contributed by atoms with E-state index in [-0.39, 0.29) is 42.3 Å². The summed E-state index contributed by atoms with van der Waals surface area (Å²) in [6.45, 7) is 2.67. The number of primary amides is 1. The minimum Gasteiger partial charge on any atom is -0.470 e. The molecule has 1 unspecified atom stereocenters. The van der Waals surface area contributed by atoms with Crippen molar-refractivity contribution in [3.63, 3.8) is 0 Å². The minimum atomic E-state index is -0.675. The van der Waals surface area contributed by atoms with Crippen LogP contribution in [0.15, 0.2) is 11.5 Å². The first-order valence-corrected chi connectivity index (χ1v) is 6.66. The van der Waals surface area contributed by atoms with E-state index in [4.69, 9.17) is 15.2 Å². The fourth-order valence-corrected chi connectivity index (χ4v) is 2.45. The van der Waals surface area contributed by atoms with E-state index in [1.165, 1.54) is 0 Å². The van der Waals surface area contributed by atoms with Crippen LogP contribution >= 0.6 is 0 Å². The molecular weight excluding hydrogens is 264 g/mol. The lowest BCUT2D eigenvalue weighted by atomic mass is 9.97. The molecule has 0 aromatic rings. The number of hydrogen-bond acceptors (Lipinski definition) is 6. The molecule has 1 fully saturated rings. The third-order valence-corrected chi connectivity index (χ3v) is 3.42. The van der Waals surface area contributed by atoms with Gasteiger partial charge in [0.15, 0.2) is 12.2 Å². The fraction of sp³-hybridized carbons (Fsp3) is 0.615. The maximum Gasteiger partial charge on any atom is 0.347 e. The maximum absolute atomic E-state index is 11.8. The molecule has 20 heavy (non-hydrogen) atoms. The molecule has 2 aliphatic rings. The average molecular weight is 282 g/mol. The van der Waals surface area contributed by atoms with Crippen LogP contribution in [-0.4, -0.2) is 48.9 Å². The molecule has 110 valence electrons. The van der Waals surface area contributed by atoms with Crippen LogP contribution < -0.4 is 5.73 Å². The van der Waals surface area contributed by atoms with Gasteiger partial charge in [-0.05, 0) is 19.8 Å². The molecule has 0 aromatic carbocycles. The number of carbonyl (C=O) groups excluding carboxylic acids is 3. The van der Waals surface area contributed by atoms with Gasteiger partial charge in [0.25, 0.3) is 0 Å². The summed E-state index contributed by atoms with van der Waals surface area (Å²) >= 11 is 0. The molecule has 2 N–H and O–H groups in total. The van der Waals surface area contributed by atoms with Crippen LogP contribution in [0.1, 0.15) is 19.8 Å². The van der Waals surface area contributed by atoms with Crippen molar-refractivity contribution in [1.29, 1.82) is 0 Å². The molecule has 0 aromatic heterocycles. The molecule has 1 atom stereocenters. The van der Waals surface area contributed by atoms with Crippen LogP contribution in [0.4, 0.5) is 0 Å². The van der Waals surface area contributed by atoms with Crippen LogP contribution in [-0.2, 0) is 23.9 Å². The summed E-state index contributed by atoms with van der Waals surface area (Å²) in [6.07, 6.45) is 1.46. The van der Waals surface area contributed by atoms with E-state index in [0.717, 1.165) is 6.42 Å². The van der Waals surface area contributed by atoms with E-state index >= 15 is 0 Å². The van der Waals surface area contributed by atoms with Crippen LogP contribution in [0.2, 0.25) is 0 Å². The number of esters is 1. The Kier molecular flexibility index (Phi) is 4.26. The first-order chi connectivity index (χ1) is 9.54. The average Bonchev–Trinajstić information content (AvgIpc) is 2.81. The molecule has 0 aliphatic carbocycles. The summed E-state index contributed by atoms with van der Waals surface area (Å²) in [5.41, 5.74) is 5.26. The Bertz CT molecular complexity index is 471. The number of nitrogens with two attached hydrogens (primary N) is 1. The largest absolute Gasteiger partial charge is 0.470 e. The van der Waals surface area contributed by atoms with E-state index in [2.05, 4.69) is 0 Å². The van der Waals surface area contributed by atoms with Gasteiger partial charge < -0.3 is 20.1 Å². The summed E-state index contributed by atoms with van der Waals surface area (Å²) in [7, 11) is 0. The molecule has 2 rings (SSSR count). The lowest BCUT2D eigenvalue weighted by molar-refractivity contribution is -0.139. The first kappa shape index (κ1) is 14.4. The van der Waals surface area contributed by atoms with Crippen molar-refractivity contribution in [2.75, 3.05) is 26.3 Å². The molecule has 7 nitrogen and oxygen atoms in total. The van der Waals surface area contributed by atoms with Crippen LogP contribution in [0.5, 0.6) is 0 Å². The number of Topliss-reactive ketones (excluding diaryl/α,β-unsaturated/α-hetero) is 1. The number of piperidine rings is 1. The van der Waals surface area contributed by atoms with Gasteiger partial charge in [-0.1, -0.05) is 0 Å². The Labute approximate surface area is 116 Å². The van der Waals surface area contributed by atoms with Gasteiger partial charge in [0.05, 0.1) is 12.5 Å². The molecule has 0 radical (unpaired) electrons. The van der Waals surface area contributed by atoms with Gasteiger partial charge in [-0.25, -0.2) is 4.79 Å². The van der Waals surface area contributed by atoms with E-state index in [0.29, 0.717) is 19.5 Å². The van der Waals surface area contributed by atoms with E-state index in [9.17, 15) is 14.4 Å². The zero-order valence-electron chi connectivity index (χ0n) is 11.4. The van der Waals surface area contributed by atoms with Gasteiger partial charge in [-0.3, -0.25) is 9.59 Å². The minimum absolute atomic E-state index is 0.0584. The van der Waals surface area contributed by atoms with Crippen molar-refractivity contribution in [1.82, 2.24) is 4.90 Å². The summed E-state index contributed by atoms with van der Waals surface area (Å²) in [4.78, 5) is 36.6. The van der Waals surface area contributed by atoms with Crippen LogP contribution in [0.25, 0.3) is 0 Å². The smallest absolute Gasteiger partial charge is 0.347 e. The topological polar surface area (TPSA) is 98.9 Å². The normalized spacial score (nSPS) is 22.8. The second-order valence-electron chi connectivity index (χ2n) is 4.80. The van der Waals surface area contributed by atoms with Gasteiger partial charge in [-0.15, -0.1) is 0 Å². The summed E-state index contributed by atoms with van der Waals surface area (Å²) < 4.78 is 10.2. The third-order valence-electron chi connectivity index (χ3n) is 3.42. The second kappa shape index (κ2) is 5.94. The molecule has 2 heterocycles. The number of amides is 1. The number of nitrogens with zero attached hydrogens (tertiary/aromatic N) is 1. The second-order valence-corrected chi connectivity index (χ2v) is 4.80. The quantitative estimate of drug-likeness (QED) is 0.554. The van der Waals surface area contributed by atoms with Crippen molar-refractivity contribution < 1.29 is 23.9 Å². The zero-order chi connectivity index (χ0) is 14.7. The molecule has 0 saturated carbocycles. The van der Waals surface area contributed by atoms with E-state index < -0.39 is 5.97 Å². The molecule has 0 bridgehead atoms. The first-order valence-electron chi connectivity index (χ1n) is 6.66. The Morgan fingerprint density at radius 1 is 1.50 bits per heavy atom. The SMILES string of the molecule is CCOC(=O)C1=C(N2CCCC(C(N)=O)C2)OCC1=O. The molecular formula is C13H18N2O5. The number of likely N-dealkylation sites (tertiary alicyclic amines) is 1. The molecule has 2 aliphatic heterocycles. The van der Waals surface area contributed by atoms with Gasteiger partial charge >= 0.3 is 5.97 Å². The van der Waals surface area contributed by atoms with Crippen molar-refractivity contribution in [3.8, 4) is 0 Å². The van der Waals surface area contributed by atoms with Crippen molar-refractivity contribution in [2.45, 2.75) is 19.8 Å². The lowest BCUT2D eigenvalue weighted by Gasteiger charge is -2.32.